The van der Waals surface area contributed by atoms with Crippen LogP contribution in [0.25, 0.3) is 0 Å². The summed E-state index contributed by atoms with van der Waals surface area (Å²) in [6.07, 6.45) is 9.33. The fraction of sp³-hybridized carbons (Fsp3) is 0.579. The number of rotatable bonds is 5. The molecule has 0 spiro atoms. The Kier molecular flexibility index (Phi) is 4.26. The monoisotopic (exact) mass is 269 g/mol. The molecule has 0 bridgehead atoms. The van der Waals surface area contributed by atoms with E-state index in [2.05, 4.69) is 41.8 Å². The number of likely N-dealkylation sites (tertiary alicyclic amines) is 1. The first kappa shape index (κ1) is 13.9. The van der Waals surface area contributed by atoms with Crippen molar-refractivity contribution in [3.05, 3.63) is 48.0 Å². The molecule has 1 saturated heterocycles. The van der Waals surface area contributed by atoms with Gasteiger partial charge in [-0.1, -0.05) is 55.3 Å². The molecule has 0 amide bonds. The van der Waals surface area contributed by atoms with Crippen LogP contribution >= 0.6 is 0 Å². The van der Waals surface area contributed by atoms with E-state index >= 15 is 0 Å². The Morgan fingerprint density at radius 1 is 1.00 bits per heavy atom. The van der Waals surface area contributed by atoms with Crippen molar-refractivity contribution in [2.75, 3.05) is 19.6 Å². The lowest BCUT2D eigenvalue weighted by Crippen LogP contribution is -2.38. The van der Waals surface area contributed by atoms with Crippen molar-refractivity contribution >= 4 is 0 Å². The third kappa shape index (κ3) is 2.69. The van der Waals surface area contributed by atoms with Gasteiger partial charge in [0.15, 0.2) is 0 Å². The van der Waals surface area contributed by atoms with Gasteiger partial charge in [0.1, 0.15) is 0 Å². The molecular weight excluding hydrogens is 242 g/mol. The molecule has 3 rings (SSSR count). The Morgan fingerprint density at radius 2 is 1.70 bits per heavy atom. The van der Waals surface area contributed by atoms with Crippen LogP contribution in [0.1, 0.15) is 50.5 Å². The summed E-state index contributed by atoms with van der Waals surface area (Å²) in [4.78, 5) is 2.63. The van der Waals surface area contributed by atoms with Crippen molar-refractivity contribution in [1.82, 2.24) is 4.90 Å². The third-order valence-corrected chi connectivity index (χ3v) is 5.39. The van der Waals surface area contributed by atoms with Gasteiger partial charge in [-0.25, -0.2) is 0 Å². The molecule has 0 radical (unpaired) electrons. The number of nitrogens with zero attached hydrogens (tertiary/aromatic N) is 1. The van der Waals surface area contributed by atoms with E-state index in [0.717, 1.165) is 0 Å². The summed E-state index contributed by atoms with van der Waals surface area (Å²) in [5.41, 5.74) is 3.27. The van der Waals surface area contributed by atoms with E-state index < -0.39 is 0 Å². The molecule has 0 N–H and O–H groups in total. The Morgan fingerprint density at radius 3 is 2.30 bits per heavy atom. The van der Waals surface area contributed by atoms with Crippen LogP contribution in [0.3, 0.4) is 0 Å². The summed E-state index contributed by atoms with van der Waals surface area (Å²) in [6, 6.07) is 11.1. The number of hydrogen-bond donors (Lipinski definition) is 0. The van der Waals surface area contributed by atoms with Crippen LogP contribution in [0.2, 0.25) is 0 Å². The molecule has 108 valence electrons. The van der Waals surface area contributed by atoms with Crippen molar-refractivity contribution in [2.24, 2.45) is 0 Å². The topological polar surface area (TPSA) is 3.24 Å². The minimum atomic E-state index is 0.303. The lowest BCUT2D eigenvalue weighted by molar-refractivity contribution is 0.219. The Hall–Kier alpha value is -1.08. The molecule has 1 aromatic rings. The quantitative estimate of drug-likeness (QED) is 0.709. The molecule has 1 aliphatic carbocycles. The van der Waals surface area contributed by atoms with Gasteiger partial charge in [-0.2, -0.15) is 0 Å². The van der Waals surface area contributed by atoms with Gasteiger partial charge in [-0.05, 0) is 50.8 Å². The van der Waals surface area contributed by atoms with E-state index in [9.17, 15) is 0 Å². The maximum Gasteiger partial charge on any atom is 0.0159 e. The van der Waals surface area contributed by atoms with Crippen LogP contribution in [0, 0.1) is 0 Å². The Labute approximate surface area is 123 Å². The van der Waals surface area contributed by atoms with Gasteiger partial charge in [-0.3, -0.25) is 0 Å². The Balaban J connectivity index is 1.62. The smallest absolute Gasteiger partial charge is 0.0159 e. The zero-order valence-corrected chi connectivity index (χ0v) is 12.6. The summed E-state index contributed by atoms with van der Waals surface area (Å²) in [5, 5.41) is 0. The molecule has 0 aromatic heterocycles. The molecular formula is C19H27N. The van der Waals surface area contributed by atoms with Crippen molar-refractivity contribution in [3.8, 4) is 0 Å². The molecule has 20 heavy (non-hydrogen) atoms. The molecule has 2 aliphatic rings. The van der Waals surface area contributed by atoms with Gasteiger partial charge < -0.3 is 4.90 Å². The second-order valence-corrected chi connectivity index (χ2v) is 6.56. The minimum Gasteiger partial charge on any atom is -0.303 e. The van der Waals surface area contributed by atoms with Crippen molar-refractivity contribution in [3.63, 3.8) is 0 Å². The molecule has 2 fully saturated rings. The molecule has 1 heterocycles. The summed E-state index contributed by atoms with van der Waals surface area (Å²) in [6.45, 7) is 8.29. The molecule has 0 unspecified atom stereocenters. The second-order valence-electron chi connectivity index (χ2n) is 6.56. The first-order chi connectivity index (χ1) is 9.81. The molecule has 1 saturated carbocycles. The molecule has 1 heteroatoms. The summed E-state index contributed by atoms with van der Waals surface area (Å²) in [7, 11) is 0. The number of hydrogen-bond acceptors (Lipinski definition) is 1. The number of benzene rings is 1. The van der Waals surface area contributed by atoms with E-state index in [1.165, 1.54) is 75.7 Å². The maximum absolute atomic E-state index is 4.48. The van der Waals surface area contributed by atoms with Crippen LogP contribution in [0.5, 0.6) is 0 Å². The lowest BCUT2D eigenvalue weighted by atomic mass is 9.60. The average Bonchev–Trinajstić information content (AvgIpc) is 2.46. The predicted molar refractivity (Wildman–Crippen MR) is 86.0 cm³/mol. The average molecular weight is 269 g/mol. The summed E-state index contributed by atoms with van der Waals surface area (Å²) >= 11 is 0. The second kappa shape index (κ2) is 6.13. The fourth-order valence-electron chi connectivity index (χ4n) is 3.85. The highest BCUT2D eigenvalue weighted by molar-refractivity contribution is 5.38. The first-order valence-electron chi connectivity index (χ1n) is 8.27. The predicted octanol–water partition coefficient (Wildman–Crippen LogP) is 4.54. The molecule has 0 atom stereocenters. The minimum absolute atomic E-state index is 0.303. The zero-order chi connectivity index (χ0) is 13.8. The van der Waals surface area contributed by atoms with E-state index in [0.29, 0.717) is 5.41 Å². The highest BCUT2D eigenvalue weighted by atomic mass is 15.1. The van der Waals surface area contributed by atoms with Gasteiger partial charge in [0.05, 0.1) is 0 Å². The number of piperidine rings is 1. The largest absolute Gasteiger partial charge is 0.303 e. The zero-order valence-electron chi connectivity index (χ0n) is 12.6. The molecule has 1 aromatic carbocycles. The lowest BCUT2D eigenvalue weighted by Gasteiger charge is -2.45. The Bertz CT molecular complexity index is 438. The summed E-state index contributed by atoms with van der Waals surface area (Å²) < 4.78 is 0. The van der Waals surface area contributed by atoms with E-state index in [4.69, 9.17) is 0 Å². The van der Waals surface area contributed by atoms with Gasteiger partial charge in [0.25, 0.3) is 0 Å². The van der Waals surface area contributed by atoms with Crippen molar-refractivity contribution in [2.45, 2.75) is 50.4 Å². The van der Waals surface area contributed by atoms with Crippen LogP contribution in [0.4, 0.5) is 0 Å². The van der Waals surface area contributed by atoms with Crippen molar-refractivity contribution < 1.29 is 0 Å². The van der Waals surface area contributed by atoms with Gasteiger partial charge in [0, 0.05) is 12.0 Å². The third-order valence-electron chi connectivity index (χ3n) is 5.39. The normalized spacial score (nSPS) is 22.2. The summed E-state index contributed by atoms with van der Waals surface area (Å²) in [5.74, 6) is 0. The van der Waals surface area contributed by atoms with E-state index in [-0.39, 0.29) is 0 Å². The van der Waals surface area contributed by atoms with Crippen molar-refractivity contribution in [1.29, 1.82) is 0 Å². The molecule has 1 aliphatic heterocycles. The van der Waals surface area contributed by atoms with Crippen LogP contribution < -0.4 is 0 Å². The standard InChI is InChI=1S/C19H27N/c1-17(11-16-20-14-6-3-7-15-20)19(12-8-13-19)18-9-4-2-5-10-18/h2,4-5,9-10H,1,3,6-8,11-16H2. The molecule has 1 nitrogen and oxygen atoms in total. The van der Waals surface area contributed by atoms with Gasteiger partial charge in [0.2, 0.25) is 0 Å². The van der Waals surface area contributed by atoms with E-state index in [1.807, 2.05) is 0 Å². The van der Waals surface area contributed by atoms with Crippen LogP contribution in [0.15, 0.2) is 42.5 Å². The van der Waals surface area contributed by atoms with Crippen LogP contribution in [-0.2, 0) is 5.41 Å². The van der Waals surface area contributed by atoms with Crippen LogP contribution in [-0.4, -0.2) is 24.5 Å². The van der Waals surface area contributed by atoms with E-state index in [1.54, 1.807) is 0 Å². The highest BCUT2D eigenvalue weighted by Crippen LogP contribution is 2.49. The highest BCUT2D eigenvalue weighted by Gasteiger charge is 2.40. The maximum atomic E-state index is 4.48. The van der Waals surface area contributed by atoms with Gasteiger partial charge >= 0.3 is 0 Å². The first-order valence-corrected chi connectivity index (χ1v) is 8.27. The van der Waals surface area contributed by atoms with Gasteiger partial charge in [-0.15, -0.1) is 0 Å². The fourth-order valence-corrected chi connectivity index (χ4v) is 3.85. The SMILES string of the molecule is C=C(CCN1CCCCC1)C1(c2ccccc2)CCC1.